The minimum Gasteiger partial charge on any atom is -0.353 e. The number of carbonyl (C=O) groups excluding carboxylic acids is 2. The van der Waals surface area contributed by atoms with Gasteiger partial charge in [-0.15, -0.1) is 0 Å². The number of rotatable bonds is 1. The lowest BCUT2D eigenvalue weighted by molar-refractivity contribution is -0.179. The Morgan fingerprint density at radius 1 is 1.33 bits per heavy atom. The molecule has 1 aromatic carbocycles. The fourth-order valence-electron chi connectivity index (χ4n) is 4.86. The van der Waals surface area contributed by atoms with E-state index in [-0.39, 0.29) is 23.7 Å². The molecule has 3 fully saturated rings. The summed E-state index contributed by atoms with van der Waals surface area (Å²) >= 11 is 0. The van der Waals surface area contributed by atoms with Gasteiger partial charge in [-0.1, -0.05) is 0 Å². The van der Waals surface area contributed by atoms with Crippen LogP contribution in [0.1, 0.15) is 35.3 Å². The zero-order chi connectivity index (χ0) is 18.8. The number of hydrogen-bond donors (Lipinski definition) is 0. The number of likely N-dealkylation sites (tertiary alicyclic amines) is 1. The summed E-state index contributed by atoms with van der Waals surface area (Å²) in [7, 11) is 0. The van der Waals surface area contributed by atoms with Crippen LogP contribution in [-0.4, -0.2) is 58.1 Å². The van der Waals surface area contributed by atoms with Gasteiger partial charge in [-0.2, -0.15) is 0 Å². The smallest absolute Gasteiger partial charge is 0.255 e. The van der Waals surface area contributed by atoms with Gasteiger partial charge < -0.3 is 14.5 Å². The van der Waals surface area contributed by atoms with Crippen molar-refractivity contribution in [3.63, 3.8) is 0 Å². The molecule has 0 aliphatic carbocycles. The van der Waals surface area contributed by atoms with Crippen LogP contribution < -0.4 is 0 Å². The van der Waals surface area contributed by atoms with Gasteiger partial charge in [0.25, 0.3) is 5.91 Å². The van der Waals surface area contributed by atoms with Crippen molar-refractivity contribution in [3.05, 3.63) is 41.3 Å². The van der Waals surface area contributed by atoms with E-state index in [1.165, 1.54) is 12.1 Å². The zero-order valence-corrected chi connectivity index (χ0v) is 15.1. The summed E-state index contributed by atoms with van der Waals surface area (Å²) in [6.45, 7) is 3.63. The van der Waals surface area contributed by atoms with Crippen molar-refractivity contribution in [1.29, 1.82) is 0 Å². The van der Waals surface area contributed by atoms with Crippen molar-refractivity contribution in [2.75, 3.05) is 19.7 Å². The molecule has 1 spiro atoms. The summed E-state index contributed by atoms with van der Waals surface area (Å²) in [5, 5.41) is 0.624. The summed E-state index contributed by atoms with van der Waals surface area (Å²) < 4.78 is 19.7. The van der Waals surface area contributed by atoms with Crippen molar-refractivity contribution >= 4 is 22.7 Å². The van der Waals surface area contributed by atoms with Gasteiger partial charge in [0.1, 0.15) is 5.82 Å². The minimum atomic E-state index is -0.672. The van der Waals surface area contributed by atoms with Gasteiger partial charge >= 0.3 is 0 Å². The van der Waals surface area contributed by atoms with Crippen molar-refractivity contribution in [2.24, 2.45) is 0 Å². The Kier molecular flexibility index (Phi) is 3.53. The van der Waals surface area contributed by atoms with Crippen LogP contribution in [0.5, 0.6) is 0 Å². The molecule has 7 heteroatoms. The average Bonchev–Trinajstić information content (AvgIpc) is 3.12. The van der Waals surface area contributed by atoms with E-state index < -0.39 is 5.72 Å². The van der Waals surface area contributed by atoms with Gasteiger partial charge in [0.05, 0.1) is 30.1 Å². The average molecular weight is 369 g/mol. The second-order valence-corrected chi connectivity index (χ2v) is 7.53. The second-order valence-electron chi connectivity index (χ2n) is 7.53. The first-order valence-corrected chi connectivity index (χ1v) is 9.32. The Morgan fingerprint density at radius 3 is 3.04 bits per heavy atom. The number of ether oxygens (including phenoxy) is 1. The largest absolute Gasteiger partial charge is 0.353 e. The van der Waals surface area contributed by atoms with Gasteiger partial charge in [0.2, 0.25) is 5.91 Å². The lowest BCUT2D eigenvalue weighted by atomic mass is 10.0. The number of halogens is 1. The zero-order valence-electron chi connectivity index (χ0n) is 15.1. The van der Waals surface area contributed by atoms with Crippen LogP contribution in [0.3, 0.4) is 0 Å². The predicted molar refractivity (Wildman–Crippen MR) is 95.5 cm³/mol. The third kappa shape index (κ3) is 2.31. The third-order valence-corrected chi connectivity index (χ3v) is 6.00. The normalized spacial score (nSPS) is 27.2. The van der Waals surface area contributed by atoms with Gasteiger partial charge in [-0.05, 0) is 31.5 Å². The highest BCUT2D eigenvalue weighted by Crippen LogP contribution is 2.45. The molecule has 3 aliphatic rings. The lowest BCUT2D eigenvalue weighted by Gasteiger charge is -2.42. The van der Waals surface area contributed by atoms with E-state index in [9.17, 15) is 14.0 Å². The Hall–Kier alpha value is -2.54. The number of amides is 2. The van der Waals surface area contributed by atoms with Gasteiger partial charge in [-0.3, -0.25) is 14.6 Å². The van der Waals surface area contributed by atoms with Crippen LogP contribution >= 0.6 is 0 Å². The van der Waals surface area contributed by atoms with E-state index in [1.54, 1.807) is 24.0 Å². The van der Waals surface area contributed by atoms with Crippen molar-refractivity contribution < 1.29 is 18.7 Å². The van der Waals surface area contributed by atoms with Gasteiger partial charge in [0, 0.05) is 36.7 Å². The SMILES string of the molecule is Cc1cc(C(=O)N2CC[C@@]34OCCCN3C(=O)C[C@@H]24)c2ccc(F)cc2n1. The molecular weight excluding hydrogens is 349 g/mol. The molecule has 2 amide bonds. The standard InChI is InChI=1S/C20H20FN3O3/c1-12-9-15(14-4-3-13(21)10-16(14)22-12)19(26)23-7-5-20-17(23)11-18(25)24(20)6-2-8-27-20/h3-4,9-10,17H,2,5-8,11H2,1H3/t17-,20+/m1/s1. The Balaban J connectivity index is 1.56. The Bertz CT molecular complexity index is 973. The molecular formula is C20H20FN3O3. The summed E-state index contributed by atoms with van der Waals surface area (Å²) in [6.07, 6.45) is 1.75. The number of nitrogens with zero attached hydrogens (tertiary/aromatic N) is 3. The highest BCUT2D eigenvalue weighted by Gasteiger charge is 2.61. The number of pyridine rings is 1. The maximum Gasteiger partial charge on any atom is 0.255 e. The first kappa shape index (κ1) is 16.6. The Morgan fingerprint density at radius 2 is 2.19 bits per heavy atom. The topological polar surface area (TPSA) is 62.7 Å². The summed E-state index contributed by atoms with van der Waals surface area (Å²) in [5.41, 5.74) is 0.944. The third-order valence-electron chi connectivity index (χ3n) is 6.00. The quantitative estimate of drug-likeness (QED) is 0.774. The molecule has 5 rings (SSSR count). The van der Waals surface area contributed by atoms with Crippen LogP contribution in [0.2, 0.25) is 0 Å². The van der Waals surface area contributed by atoms with E-state index in [2.05, 4.69) is 4.98 Å². The van der Waals surface area contributed by atoms with Gasteiger partial charge in [-0.25, -0.2) is 4.39 Å². The lowest BCUT2D eigenvalue weighted by Crippen LogP contribution is -2.56. The van der Waals surface area contributed by atoms with Crippen molar-refractivity contribution in [3.8, 4) is 0 Å². The van der Waals surface area contributed by atoms with Crippen molar-refractivity contribution in [2.45, 2.75) is 38.0 Å². The molecule has 2 aromatic rings. The molecule has 0 N–H and O–H groups in total. The number of carbonyl (C=O) groups is 2. The number of aryl methyl sites for hydroxylation is 1. The molecule has 0 saturated carbocycles. The summed E-state index contributed by atoms with van der Waals surface area (Å²) in [4.78, 5) is 33.9. The molecule has 1 aromatic heterocycles. The fourth-order valence-corrected chi connectivity index (χ4v) is 4.86. The molecule has 27 heavy (non-hydrogen) atoms. The van der Waals surface area contributed by atoms with Crippen LogP contribution in [-0.2, 0) is 9.53 Å². The Labute approximate surface area is 155 Å². The maximum absolute atomic E-state index is 13.6. The van der Waals surface area contributed by atoms with E-state index in [1.807, 2.05) is 4.90 Å². The first-order chi connectivity index (χ1) is 13.0. The predicted octanol–water partition coefficient (Wildman–Crippen LogP) is 2.25. The maximum atomic E-state index is 13.6. The highest BCUT2D eigenvalue weighted by atomic mass is 19.1. The molecule has 140 valence electrons. The number of aromatic nitrogens is 1. The molecule has 2 atom stereocenters. The van der Waals surface area contributed by atoms with E-state index in [0.29, 0.717) is 54.7 Å². The molecule has 3 saturated heterocycles. The second kappa shape index (κ2) is 5.73. The molecule has 3 aliphatic heterocycles. The van der Waals surface area contributed by atoms with E-state index >= 15 is 0 Å². The first-order valence-electron chi connectivity index (χ1n) is 9.32. The molecule has 0 bridgehead atoms. The number of hydrogen-bond acceptors (Lipinski definition) is 4. The molecule has 0 radical (unpaired) electrons. The highest BCUT2D eigenvalue weighted by molar-refractivity contribution is 6.06. The van der Waals surface area contributed by atoms with Crippen molar-refractivity contribution in [1.82, 2.24) is 14.8 Å². The van der Waals surface area contributed by atoms with Crippen LogP contribution in [0.25, 0.3) is 10.9 Å². The summed E-state index contributed by atoms with van der Waals surface area (Å²) in [5.74, 6) is -0.482. The number of benzene rings is 1. The van der Waals surface area contributed by atoms with Gasteiger partial charge in [0.15, 0.2) is 5.72 Å². The van der Waals surface area contributed by atoms with Crippen LogP contribution in [0.15, 0.2) is 24.3 Å². The minimum absolute atomic E-state index is 0.0510. The fraction of sp³-hybridized carbons (Fsp3) is 0.450. The van der Waals surface area contributed by atoms with Crippen LogP contribution in [0, 0.1) is 12.7 Å². The van der Waals surface area contributed by atoms with E-state index in [4.69, 9.17) is 4.74 Å². The van der Waals surface area contributed by atoms with Crippen LogP contribution in [0.4, 0.5) is 4.39 Å². The molecule has 4 heterocycles. The monoisotopic (exact) mass is 369 g/mol. The molecule has 0 unspecified atom stereocenters. The summed E-state index contributed by atoms with van der Waals surface area (Å²) in [6, 6.07) is 5.74. The number of fused-ring (bicyclic) bond motifs is 1. The molecule has 6 nitrogen and oxygen atoms in total. The van der Waals surface area contributed by atoms with E-state index in [0.717, 1.165) is 6.42 Å².